The zero-order valence-electron chi connectivity index (χ0n) is 22.3. The number of carboxylic acids is 1. The number of ether oxygens (including phenoxy) is 2. The second-order valence-corrected chi connectivity index (χ2v) is 10.2. The highest BCUT2D eigenvalue weighted by atomic mass is 32.2. The Bertz CT molecular complexity index is 1350. The number of carbonyl (C=O) groups excluding carboxylic acids is 1. The minimum absolute atomic E-state index is 0.0399. The summed E-state index contributed by atoms with van der Waals surface area (Å²) in [5.74, 6) is 0.605. The molecule has 39 heavy (non-hydrogen) atoms. The highest BCUT2D eigenvalue weighted by molar-refractivity contribution is 8.18. The van der Waals surface area contributed by atoms with Crippen molar-refractivity contribution in [2.75, 3.05) is 7.05 Å². The molecule has 3 aromatic rings. The fourth-order valence-corrected chi connectivity index (χ4v) is 4.90. The predicted molar refractivity (Wildman–Crippen MR) is 155 cm³/mol. The standard InChI is InChI=1S/C31H32N2O5S/c1-4-25(5-2)38-27-16-10-23(11-17-27)20-37-26-14-8-21(9-15-26)18-28-30(36)33(3)31(39-28)32-24-12-6-22(7-13-24)19-29(34)35/h6-18,25H,4-5,19-20H2,1-3H3,(H,34,35)/b28-18-,32-31+. The predicted octanol–water partition coefficient (Wildman–Crippen LogP) is 6.69. The van der Waals surface area contributed by atoms with Gasteiger partial charge in [0, 0.05) is 7.05 Å². The van der Waals surface area contributed by atoms with Crippen LogP contribution in [-0.2, 0) is 22.6 Å². The van der Waals surface area contributed by atoms with Crippen LogP contribution in [-0.4, -0.2) is 40.2 Å². The molecule has 1 aliphatic rings. The maximum atomic E-state index is 12.8. The van der Waals surface area contributed by atoms with Gasteiger partial charge >= 0.3 is 5.97 Å². The van der Waals surface area contributed by atoms with Crippen LogP contribution in [0.25, 0.3) is 6.08 Å². The van der Waals surface area contributed by atoms with Crippen LogP contribution in [0.4, 0.5) is 5.69 Å². The molecule has 1 fully saturated rings. The van der Waals surface area contributed by atoms with Gasteiger partial charge in [0.1, 0.15) is 18.1 Å². The third kappa shape index (κ3) is 7.74. The third-order valence-electron chi connectivity index (χ3n) is 6.24. The SMILES string of the molecule is CCC(CC)Oc1ccc(COc2ccc(/C=C3\S/C(=N/c4ccc(CC(=O)O)cc4)N(C)C3=O)cc2)cc1. The molecule has 1 heterocycles. The minimum Gasteiger partial charge on any atom is -0.490 e. The third-order valence-corrected chi connectivity index (χ3v) is 7.30. The summed E-state index contributed by atoms with van der Waals surface area (Å²) in [6, 6.07) is 22.6. The highest BCUT2D eigenvalue weighted by Gasteiger charge is 2.30. The largest absolute Gasteiger partial charge is 0.490 e. The first-order valence-corrected chi connectivity index (χ1v) is 13.7. The van der Waals surface area contributed by atoms with Crippen LogP contribution in [0.2, 0.25) is 0 Å². The molecule has 4 rings (SSSR count). The van der Waals surface area contributed by atoms with Crippen molar-refractivity contribution in [2.24, 2.45) is 4.99 Å². The Hall–Kier alpha value is -4.04. The molecule has 1 amide bonds. The lowest BCUT2D eigenvalue weighted by atomic mass is 10.1. The first-order chi connectivity index (χ1) is 18.8. The normalized spacial score (nSPS) is 15.4. The summed E-state index contributed by atoms with van der Waals surface area (Å²) < 4.78 is 11.9. The number of hydrogen-bond donors (Lipinski definition) is 1. The van der Waals surface area contributed by atoms with Crippen LogP contribution in [0.3, 0.4) is 0 Å². The highest BCUT2D eigenvalue weighted by Crippen LogP contribution is 2.33. The van der Waals surface area contributed by atoms with E-state index >= 15 is 0 Å². The fourth-order valence-electron chi connectivity index (χ4n) is 3.92. The van der Waals surface area contributed by atoms with E-state index in [4.69, 9.17) is 14.6 Å². The quantitative estimate of drug-likeness (QED) is 0.271. The van der Waals surface area contributed by atoms with E-state index in [2.05, 4.69) is 18.8 Å². The lowest BCUT2D eigenvalue weighted by molar-refractivity contribution is -0.136. The molecular weight excluding hydrogens is 512 g/mol. The number of benzene rings is 3. The maximum absolute atomic E-state index is 12.8. The molecule has 1 saturated heterocycles. The van der Waals surface area contributed by atoms with Crippen molar-refractivity contribution in [1.29, 1.82) is 0 Å². The molecule has 1 N–H and O–H groups in total. The zero-order valence-corrected chi connectivity index (χ0v) is 23.1. The number of rotatable bonds is 11. The van der Waals surface area contributed by atoms with Crippen molar-refractivity contribution in [3.63, 3.8) is 0 Å². The number of carboxylic acid groups (broad SMARTS) is 1. The number of hydrogen-bond acceptors (Lipinski definition) is 6. The molecule has 0 aliphatic carbocycles. The molecule has 0 radical (unpaired) electrons. The Labute approximate surface area is 233 Å². The van der Waals surface area contributed by atoms with Gasteiger partial charge in [-0.15, -0.1) is 0 Å². The minimum atomic E-state index is -0.881. The van der Waals surface area contributed by atoms with Gasteiger partial charge in [0.05, 0.1) is 23.1 Å². The molecule has 202 valence electrons. The molecule has 1 aliphatic heterocycles. The summed E-state index contributed by atoms with van der Waals surface area (Å²) in [5.41, 5.74) is 3.29. The Morgan fingerprint density at radius 3 is 2.18 bits per heavy atom. The molecule has 8 heteroatoms. The van der Waals surface area contributed by atoms with Crippen LogP contribution in [0, 0.1) is 0 Å². The smallest absolute Gasteiger partial charge is 0.307 e. The number of thioether (sulfide) groups is 1. The Kier molecular flexibility index (Phi) is 9.44. The number of amidine groups is 1. The van der Waals surface area contributed by atoms with Gasteiger partial charge < -0.3 is 14.6 Å². The van der Waals surface area contributed by atoms with Crippen LogP contribution in [0.5, 0.6) is 11.5 Å². The van der Waals surface area contributed by atoms with Gasteiger partial charge in [-0.1, -0.05) is 50.2 Å². The molecule has 7 nitrogen and oxygen atoms in total. The van der Waals surface area contributed by atoms with E-state index in [0.29, 0.717) is 27.9 Å². The zero-order chi connectivity index (χ0) is 27.8. The summed E-state index contributed by atoms with van der Waals surface area (Å²) in [5, 5.41) is 9.48. The monoisotopic (exact) mass is 544 g/mol. The van der Waals surface area contributed by atoms with Crippen molar-refractivity contribution in [3.05, 3.63) is 94.4 Å². The topological polar surface area (TPSA) is 88.4 Å². The molecule has 0 aromatic heterocycles. The molecule has 0 saturated carbocycles. The maximum Gasteiger partial charge on any atom is 0.307 e. The number of aliphatic imine (C=N–C) groups is 1. The summed E-state index contributed by atoms with van der Waals surface area (Å²) >= 11 is 1.30. The number of carbonyl (C=O) groups is 2. The van der Waals surface area contributed by atoms with Gasteiger partial charge in [-0.25, -0.2) is 4.99 Å². The van der Waals surface area contributed by atoms with Crippen LogP contribution >= 0.6 is 11.8 Å². The number of amides is 1. The molecule has 0 atom stereocenters. The number of nitrogens with zero attached hydrogens (tertiary/aromatic N) is 2. The summed E-state index contributed by atoms with van der Waals surface area (Å²) in [7, 11) is 1.69. The van der Waals surface area contributed by atoms with E-state index in [9.17, 15) is 9.59 Å². The fraction of sp³-hybridized carbons (Fsp3) is 0.258. The molecule has 0 spiro atoms. The van der Waals surface area contributed by atoms with Crippen LogP contribution in [0.15, 0.2) is 82.7 Å². The van der Waals surface area contributed by atoms with E-state index in [1.807, 2.05) is 54.6 Å². The van der Waals surface area contributed by atoms with Gasteiger partial charge in [-0.05, 0) is 83.8 Å². The Morgan fingerprint density at radius 2 is 1.56 bits per heavy atom. The van der Waals surface area contributed by atoms with Gasteiger partial charge in [0.25, 0.3) is 5.91 Å². The lowest BCUT2D eigenvalue weighted by Gasteiger charge is -2.15. The first kappa shape index (κ1) is 28.0. The van der Waals surface area contributed by atoms with E-state index < -0.39 is 5.97 Å². The van der Waals surface area contributed by atoms with Crippen molar-refractivity contribution < 1.29 is 24.2 Å². The van der Waals surface area contributed by atoms with Gasteiger partial charge in [-0.2, -0.15) is 0 Å². The molecule has 0 bridgehead atoms. The average Bonchev–Trinajstić information content (AvgIpc) is 3.20. The van der Waals surface area contributed by atoms with E-state index in [0.717, 1.165) is 35.5 Å². The second-order valence-electron chi connectivity index (χ2n) is 9.16. The summed E-state index contributed by atoms with van der Waals surface area (Å²) in [4.78, 5) is 30.3. The van der Waals surface area contributed by atoms with Gasteiger partial charge in [0.15, 0.2) is 5.17 Å². The van der Waals surface area contributed by atoms with E-state index in [1.54, 1.807) is 31.3 Å². The van der Waals surface area contributed by atoms with Gasteiger partial charge in [-0.3, -0.25) is 14.5 Å². The van der Waals surface area contributed by atoms with Crippen molar-refractivity contribution in [3.8, 4) is 11.5 Å². The van der Waals surface area contributed by atoms with Crippen molar-refractivity contribution in [2.45, 2.75) is 45.8 Å². The average molecular weight is 545 g/mol. The number of aliphatic carboxylic acids is 1. The summed E-state index contributed by atoms with van der Waals surface area (Å²) in [6.07, 6.45) is 4.00. The van der Waals surface area contributed by atoms with Crippen molar-refractivity contribution >= 4 is 40.6 Å². The Balaban J connectivity index is 1.35. The van der Waals surface area contributed by atoms with E-state index in [1.165, 1.54) is 16.7 Å². The lowest BCUT2D eigenvalue weighted by Crippen LogP contribution is -2.23. The second kappa shape index (κ2) is 13.2. The Morgan fingerprint density at radius 1 is 0.949 bits per heavy atom. The van der Waals surface area contributed by atoms with Crippen LogP contribution in [0.1, 0.15) is 43.4 Å². The first-order valence-electron chi connectivity index (χ1n) is 12.9. The van der Waals surface area contributed by atoms with Crippen LogP contribution < -0.4 is 9.47 Å². The van der Waals surface area contributed by atoms with Crippen molar-refractivity contribution in [1.82, 2.24) is 4.90 Å². The van der Waals surface area contributed by atoms with Gasteiger partial charge in [0.2, 0.25) is 0 Å². The molecule has 3 aromatic carbocycles. The molecular formula is C31H32N2O5S. The summed E-state index contributed by atoms with van der Waals surface area (Å²) in [6.45, 7) is 4.70. The van der Waals surface area contributed by atoms with E-state index in [-0.39, 0.29) is 18.4 Å². The molecule has 0 unspecified atom stereocenters. The number of likely N-dealkylation sites (N-methyl/N-ethyl adjacent to an activating group) is 1.